The van der Waals surface area contributed by atoms with Gasteiger partial charge in [0.05, 0.1) is 26.2 Å². The summed E-state index contributed by atoms with van der Waals surface area (Å²) in [5, 5.41) is 0. The standard InChI is InChI=1S/C19H34N2O4/c1-16(19(23)24-2)15-21(18(22)17-7-4-3-5-8-17)10-6-9-20-11-13-25-14-12-20/h16-17H,3-15H2,1-2H3. The van der Waals surface area contributed by atoms with Gasteiger partial charge in [0, 0.05) is 38.6 Å². The summed E-state index contributed by atoms with van der Waals surface area (Å²) in [6, 6.07) is 0. The van der Waals surface area contributed by atoms with Crippen molar-refractivity contribution in [1.29, 1.82) is 0 Å². The smallest absolute Gasteiger partial charge is 0.310 e. The van der Waals surface area contributed by atoms with Gasteiger partial charge in [-0.25, -0.2) is 0 Å². The Morgan fingerprint density at radius 1 is 1.20 bits per heavy atom. The van der Waals surface area contributed by atoms with Gasteiger partial charge in [0.2, 0.25) is 5.91 Å². The van der Waals surface area contributed by atoms with Crippen LogP contribution in [0, 0.1) is 11.8 Å². The van der Waals surface area contributed by atoms with Crippen LogP contribution in [0.1, 0.15) is 45.4 Å². The molecule has 1 aliphatic carbocycles. The third-order valence-electron chi connectivity index (χ3n) is 5.37. The molecule has 1 atom stereocenters. The van der Waals surface area contributed by atoms with Crippen molar-refractivity contribution in [3.8, 4) is 0 Å². The second-order valence-corrected chi connectivity index (χ2v) is 7.35. The molecule has 1 aliphatic heterocycles. The number of morpholine rings is 1. The van der Waals surface area contributed by atoms with E-state index in [0.717, 1.165) is 65.0 Å². The maximum atomic E-state index is 13.0. The molecule has 0 radical (unpaired) electrons. The van der Waals surface area contributed by atoms with Crippen LogP contribution in [0.4, 0.5) is 0 Å². The number of hydrogen-bond donors (Lipinski definition) is 0. The van der Waals surface area contributed by atoms with E-state index in [-0.39, 0.29) is 23.7 Å². The highest BCUT2D eigenvalue weighted by Crippen LogP contribution is 2.26. The van der Waals surface area contributed by atoms with E-state index in [1.165, 1.54) is 13.5 Å². The minimum atomic E-state index is -0.277. The van der Waals surface area contributed by atoms with Crippen LogP contribution < -0.4 is 0 Å². The van der Waals surface area contributed by atoms with E-state index in [2.05, 4.69) is 4.90 Å². The lowest BCUT2D eigenvalue weighted by molar-refractivity contribution is -0.147. The molecule has 0 aromatic carbocycles. The van der Waals surface area contributed by atoms with Crippen molar-refractivity contribution in [1.82, 2.24) is 9.80 Å². The van der Waals surface area contributed by atoms with E-state index in [1.807, 2.05) is 11.8 Å². The molecule has 0 spiro atoms. The van der Waals surface area contributed by atoms with Gasteiger partial charge >= 0.3 is 5.97 Å². The summed E-state index contributed by atoms with van der Waals surface area (Å²) in [7, 11) is 1.41. The third kappa shape index (κ3) is 6.59. The van der Waals surface area contributed by atoms with Gasteiger partial charge in [-0.3, -0.25) is 14.5 Å². The van der Waals surface area contributed by atoms with Crippen molar-refractivity contribution < 1.29 is 19.1 Å². The van der Waals surface area contributed by atoms with Crippen molar-refractivity contribution >= 4 is 11.9 Å². The van der Waals surface area contributed by atoms with Crippen LogP contribution in [0.15, 0.2) is 0 Å². The topological polar surface area (TPSA) is 59.1 Å². The minimum absolute atomic E-state index is 0.141. The Balaban J connectivity index is 1.87. The second kappa shape index (κ2) is 10.8. The van der Waals surface area contributed by atoms with Gasteiger partial charge in [-0.15, -0.1) is 0 Å². The molecule has 1 heterocycles. The first-order valence-corrected chi connectivity index (χ1v) is 9.78. The molecule has 1 saturated heterocycles. The number of esters is 1. The lowest BCUT2D eigenvalue weighted by atomic mass is 9.88. The van der Waals surface area contributed by atoms with Crippen LogP contribution in [-0.2, 0) is 19.1 Å². The minimum Gasteiger partial charge on any atom is -0.469 e. The van der Waals surface area contributed by atoms with Crippen molar-refractivity contribution in [2.24, 2.45) is 11.8 Å². The van der Waals surface area contributed by atoms with E-state index >= 15 is 0 Å². The SMILES string of the molecule is COC(=O)C(C)CN(CCCN1CCOCC1)C(=O)C1CCCCC1. The van der Waals surface area contributed by atoms with E-state index in [1.54, 1.807) is 0 Å². The third-order valence-corrected chi connectivity index (χ3v) is 5.37. The number of ether oxygens (including phenoxy) is 2. The highest BCUT2D eigenvalue weighted by molar-refractivity contribution is 5.80. The number of rotatable bonds is 8. The first kappa shape index (κ1) is 20.2. The quantitative estimate of drug-likeness (QED) is 0.624. The van der Waals surface area contributed by atoms with Crippen molar-refractivity contribution in [2.75, 3.05) is 53.0 Å². The molecular formula is C19H34N2O4. The molecule has 2 rings (SSSR count). The Morgan fingerprint density at radius 2 is 1.88 bits per heavy atom. The highest BCUT2D eigenvalue weighted by Gasteiger charge is 2.28. The van der Waals surface area contributed by atoms with Crippen LogP contribution in [0.5, 0.6) is 0 Å². The number of methoxy groups -OCH3 is 1. The lowest BCUT2D eigenvalue weighted by Gasteiger charge is -2.32. The molecule has 1 unspecified atom stereocenters. The molecule has 2 fully saturated rings. The van der Waals surface area contributed by atoms with Gasteiger partial charge in [0.1, 0.15) is 0 Å². The number of hydrogen-bond acceptors (Lipinski definition) is 5. The summed E-state index contributed by atoms with van der Waals surface area (Å²) >= 11 is 0. The first-order valence-electron chi connectivity index (χ1n) is 9.78. The fourth-order valence-corrected chi connectivity index (χ4v) is 3.82. The molecule has 1 amide bonds. The Kier molecular flexibility index (Phi) is 8.68. The summed E-state index contributed by atoms with van der Waals surface area (Å²) in [5.41, 5.74) is 0. The molecule has 0 N–H and O–H groups in total. The van der Waals surface area contributed by atoms with Gasteiger partial charge in [-0.05, 0) is 19.3 Å². The predicted molar refractivity (Wildman–Crippen MR) is 96.2 cm³/mol. The second-order valence-electron chi connectivity index (χ2n) is 7.35. The zero-order chi connectivity index (χ0) is 18.1. The van der Waals surface area contributed by atoms with Gasteiger partial charge < -0.3 is 14.4 Å². The normalized spacial score (nSPS) is 20.9. The van der Waals surface area contributed by atoms with Crippen LogP contribution >= 0.6 is 0 Å². The largest absolute Gasteiger partial charge is 0.469 e. The molecule has 25 heavy (non-hydrogen) atoms. The van der Waals surface area contributed by atoms with Crippen LogP contribution in [-0.4, -0.2) is 74.7 Å². The van der Waals surface area contributed by atoms with Gasteiger partial charge in [0.25, 0.3) is 0 Å². The molecule has 0 bridgehead atoms. The number of carbonyl (C=O) groups is 2. The molecule has 144 valence electrons. The van der Waals surface area contributed by atoms with Crippen molar-refractivity contribution in [3.05, 3.63) is 0 Å². The Bertz CT molecular complexity index is 418. The summed E-state index contributed by atoms with van der Waals surface area (Å²) < 4.78 is 10.2. The summed E-state index contributed by atoms with van der Waals surface area (Å²) in [6.07, 6.45) is 6.44. The average molecular weight is 354 g/mol. The van der Waals surface area contributed by atoms with Gasteiger partial charge in [0.15, 0.2) is 0 Å². The molecule has 6 heteroatoms. The zero-order valence-electron chi connectivity index (χ0n) is 15.9. The Hall–Kier alpha value is -1.14. The first-order chi connectivity index (χ1) is 12.1. The maximum Gasteiger partial charge on any atom is 0.310 e. The highest BCUT2D eigenvalue weighted by atomic mass is 16.5. The summed E-state index contributed by atoms with van der Waals surface area (Å²) in [4.78, 5) is 29.1. The molecule has 6 nitrogen and oxygen atoms in total. The summed E-state index contributed by atoms with van der Waals surface area (Å²) in [5.74, 6) is -0.144. The van der Waals surface area contributed by atoms with Crippen LogP contribution in [0.25, 0.3) is 0 Å². The van der Waals surface area contributed by atoms with Gasteiger partial charge in [-0.1, -0.05) is 26.2 Å². The van der Waals surface area contributed by atoms with Crippen LogP contribution in [0.2, 0.25) is 0 Å². The lowest BCUT2D eigenvalue weighted by Crippen LogP contribution is -2.43. The maximum absolute atomic E-state index is 13.0. The van der Waals surface area contributed by atoms with Crippen molar-refractivity contribution in [2.45, 2.75) is 45.4 Å². The molecule has 2 aliphatic rings. The predicted octanol–water partition coefficient (Wildman–Crippen LogP) is 1.93. The fourth-order valence-electron chi connectivity index (χ4n) is 3.82. The van der Waals surface area contributed by atoms with Crippen LogP contribution in [0.3, 0.4) is 0 Å². The Labute approximate surface area is 151 Å². The average Bonchev–Trinajstić information content (AvgIpc) is 2.67. The monoisotopic (exact) mass is 354 g/mol. The van der Waals surface area contributed by atoms with E-state index in [0.29, 0.717) is 13.1 Å². The fraction of sp³-hybridized carbons (Fsp3) is 0.895. The van der Waals surface area contributed by atoms with E-state index < -0.39 is 0 Å². The molecular weight excluding hydrogens is 320 g/mol. The molecule has 0 aromatic heterocycles. The van der Waals surface area contributed by atoms with E-state index in [9.17, 15) is 9.59 Å². The molecule has 1 saturated carbocycles. The van der Waals surface area contributed by atoms with Crippen molar-refractivity contribution in [3.63, 3.8) is 0 Å². The number of nitrogens with zero attached hydrogens (tertiary/aromatic N) is 2. The Morgan fingerprint density at radius 3 is 2.52 bits per heavy atom. The van der Waals surface area contributed by atoms with Gasteiger partial charge in [-0.2, -0.15) is 0 Å². The van der Waals surface area contributed by atoms with E-state index in [4.69, 9.17) is 9.47 Å². The number of carbonyl (C=O) groups excluding carboxylic acids is 2. The number of amides is 1. The summed E-state index contributed by atoms with van der Waals surface area (Å²) in [6.45, 7) is 7.52. The zero-order valence-corrected chi connectivity index (χ0v) is 15.9. The molecule has 0 aromatic rings.